The summed E-state index contributed by atoms with van der Waals surface area (Å²) in [4.78, 5) is 21.4. The van der Waals surface area contributed by atoms with Crippen LogP contribution >= 0.6 is 11.8 Å². The van der Waals surface area contributed by atoms with E-state index >= 15 is 0 Å². The van der Waals surface area contributed by atoms with E-state index in [2.05, 4.69) is 19.9 Å². The molecule has 0 atom stereocenters. The van der Waals surface area contributed by atoms with Gasteiger partial charge in [0.15, 0.2) is 16.7 Å². The molecule has 1 aliphatic carbocycles. The molecule has 2 aromatic carbocycles. The fourth-order valence-electron chi connectivity index (χ4n) is 4.61. The number of benzene rings is 2. The monoisotopic (exact) mass is 492 g/mol. The molecule has 35 heavy (non-hydrogen) atoms. The number of thioether (sulfide) groups is 1. The van der Waals surface area contributed by atoms with Crippen LogP contribution in [0, 0.1) is 0 Å². The molecule has 0 N–H and O–H groups in total. The number of para-hydroxylation sites is 1. The quantitative estimate of drug-likeness (QED) is 0.343. The van der Waals surface area contributed by atoms with Crippen molar-refractivity contribution in [2.24, 2.45) is 4.99 Å². The highest BCUT2D eigenvalue weighted by atomic mass is 32.2. The minimum atomic E-state index is 0.0545. The average molecular weight is 493 g/mol. The van der Waals surface area contributed by atoms with E-state index in [-0.39, 0.29) is 11.9 Å². The van der Waals surface area contributed by atoms with Crippen molar-refractivity contribution in [3.05, 3.63) is 58.5 Å². The molecule has 2 fully saturated rings. The zero-order chi connectivity index (χ0) is 24.6. The number of carbonyl (C=O) groups excluding carboxylic acids is 1. The topological polar surface area (TPSA) is 51.1 Å². The normalized spacial score (nSPS) is 19.1. The lowest BCUT2D eigenvalue weighted by molar-refractivity contribution is -0.124. The highest BCUT2D eigenvalue weighted by Crippen LogP contribution is 2.39. The third kappa shape index (κ3) is 6.10. The minimum absolute atomic E-state index is 0.0545. The Morgan fingerprint density at radius 3 is 2.57 bits per heavy atom. The van der Waals surface area contributed by atoms with Gasteiger partial charge < -0.3 is 9.47 Å². The molecular formula is C29H36N2O3S. The number of nitrogens with zero attached hydrogens (tertiary/aromatic N) is 2. The summed E-state index contributed by atoms with van der Waals surface area (Å²) in [6, 6.07) is 14.3. The Labute approximate surface area is 213 Å². The van der Waals surface area contributed by atoms with Gasteiger partial charge in [0, 0.05) is 6.04 Å². The van der Waals surface area contributed by atoms with Crippen molar-refractivity contribution in [1.82, 2.24) is 4.90 Å². The number of hydrogen-bond acceptors (Lipinski definition) is 5. The molecule has 1 saturated carbocycles. The van der Waals surface area contributed by atoms with Gasteiger partial charge in [0.05, 0.1) is 23.8 Å². The zero-order valence-corrected chi connectivity index (χ0v) is 21.9. The van der Waals surface area contributed by atoms with Gasteiger partial charge >= 0.3 is 0 Å². The van der Waals surface area contributed by atoms with Crippen LogP contribution in [-0.2, 0) is 11.2 Å². The second-order valence-electron chi connectivity index (χ2n) is 8.94. The Morgan fingerprint density at radius 2 is 1.83 bits per heavy atom. The summed E-state index contributed by atoms with van der Waals surface area (Å²) in [6.45, 7) is 7.38. The number of hydrogen-bond donors (Lipinski definition) is 0. The summed E-state index contributed by atoms with van der Waals surface area (Å²) in [7, 11) is 0. The zero-order valence-electron chi connectivity index (χ0n) is 21.1. The molecule has 5 nitrogen and oxygen atoms in total. The maximum absolute atomic E-state index is 13.7. The predicted octanol–water partition coefficient (Wildman–Crippen LogP) is 7.37. The molecule has 1 amide bonds. The standard InChI is InChI=1S/C29H36N2O3S/c1-4-18-34-25-17-16-21(19-26(25)33-6-3)20-27-28(32)31(23-13-8-7-9-14-23)29(35-27)30-24-15-11-10-12-22(24)5-2/h10-12,15-17,19-20,23H,4-9,13-14,18H2,1-3H3/b27-20+,30-29?. The van der Waals surface area contributed by atoms with Crippen LogP contribution in [0.2, 0.25) is 0 Å². The molecule has 4 rings (SSSR count). The molecule has 2 aliphatic rings. The fraction of sp³-hybridized carbons (Fsp3) is 0.448. The van der Waals surface area contributed by atoms with E-state index in [9.17, 15) is 4.79 Å². The maximum atomic E-state index is 13.7. The van der Waals surface area contributed by atoms with Gasteiger partial charge in [-0.2, -0.15) is 0 Å². The van der Waals surface area contributed by atoms with Crippen LogP contribution in [0.15, 0.2) is 52.4 Å². The molecule has 0 aromatic heterocycles. The Balaban J connectivity index is 1.68. The summed E-state index contributed by atoms with van der Waals surface area (Å²) in [6.07, 6.45) is 9.43. The molecule has 0 radical (unpaired) electrons. The number of carbonyl (C=O) groups is 1. The summed E-state index contributed by atoms with van der Waals surface area (Å²) in [5.74, 6) is 1.50. The Hall–Kier alpha value is -2.73. The summed E-state index contributed by atoms with van der Waals surface area (Å²) in [5, 5.41) is 0.794. The summed E-state index contributed by atoms with van der Waals surface area (Å²) >= 11 is 1.48. The first-order valence-corrected chi connectivity index (χ1v) is 13.8. The Kier molecular flexibility index (Phi) is 8.91. The van der Waals surface area contributed by atoms with Crippen LogP contribution in [0.25, 0.3) is 6.08 Å². The number of amidine groups is 1. The van der Waals surface area contributed by atoms with Crippen LogP contribution in [0.3, 0.4) is 0 Å². The maximum Gasteiger partial charge on any atom is 0.267 e. The molecular weight excluding hydrogens is 456 g/mol. The molecule has 1 aliphatic heterocycles. The van der Waals surface area contributed by atoms with Gasteiger partial charge in [0.25, 0.3) is 5.91 Å². The van der Waals surface area contributed by atoms with Crippen molar-refractivity contribution < 1.29 is 14.3 Å². The molecule has 2 aromatic rings. The molecule has 0 bridgehead atoms. The van der Waals surface area contributed by atoms with Gasteiger partial charge in [0.1, 0.15) is 0 Å². The van der Waals surface area contributed by atoms with Gasteiger partial charge in [-0.15, -0.1) is 0 Å². The first-order valence-electron chi connectivity index (χ1n) is 12.9. The van der Waals surface area contributed by atoms with Crippen molar-refractivity contribution in [2.75, 3.05) is 13.2 Å². The lowest BCUT2D eigenvalue weighted by Gasteiger charge is -2.30. The first-order chi connectivity index (χ1) is 17.1. The molecule has 186 valence electrons. The van der Waals surface area contributed by atoms with E-state index in [0.29, 0.717) is 23.9 Å². The van der Waals surface area contributed by atoms with Crippen molar-refractivity contribution in [2.45, 2.75) is 71.8 Å². The number of aliphatic imine (C=N–C) groups is 1. The number of rotatable bonds is 9. The second kappa shape index (κ2) is 12.3. The highest BCUT2D eigenvalue weighted by molar-refractivity contribution is 8.18. The molecule has 1 heterocycles. The average Bonchev–Trinajstić information content (AvgIpc) is 3.18. The molecule has 1 saturated heterocycles. The van der Waals surface area contributed by atoms with Crippen LogP contribution in [0.4, 0.5) is 5.69 Å². The molecule has 6 heteroatoms. The lowest BCUT2D eigenvalue weighted by atomic mass is 9.94. The lowest BCUT2D eigenvalue weighted by Crippen LogP contribution is -2.40. The third-order valence-corrected chi connectivity index (χ3v) is 7.38. The van der Waals surface area contributed by atoms with E-state index in [4.69, 9.17) is 14.5 Å². The first kappa shape index (κ1) is 25.4. The fourth-order valence-corrected chi connectivity index (χ4v) is 5.66. The molecule has 0 unspecified atom stereocenters. The Bertz CT molecular complexity index is 1090. The smallest absolute Gasteiger partial charge is 0.267 e. The van der Waals surface area contributed by atoms with E-state index in [1.54, 1.807) is 0 Å². The van der Waals surface area contributed by atoms with Crippen LogP contribution in [-0.4, -0.2) is 35.2 Å². The molecule has 0 spiro atoms. The number of amides is 1. The predicted molar refractivity (Wildman–Crippen MR) is 146 cm³/mol. The van der Waals surface area contributed by atoms with E-state index in [0.717, 1.165) is 60.7 Å². The van der Waals surface area contributed by atoms with Gasteiger partial charge in [-0.1, -0.05) is 57.4 Å². The largest absolute Gasteiger partial charge is 0.490 e. The van der Waals surface area contributed by atoms with E-state index in [1.165, 1.54) is 23.7 Å². The summed E-state index contributed by atoms with van der Waals surface area (Å²) < 4.78 is 11.7. The SMILES string of the molecule is CCCOc1ccc(/C=C2/SC(=Nc3ccccc3CC)N(C3CCCCC3)C2=O)cc1OCC. The third-order valence-electron chi connectivity index (χ3n) is 6.39. The van der Waals surface area contributed by atoms with E-state index < -0.39 is 0 Å². The second-order valence-corrected chi connectivity index (χ2v) is 9.95. The Morgan fingerprint density at radius 1 is 1.03 bits per heavy atom. The van der Waals surface area contributed by atoms with Crippen LogP contribution in [0.5, 0.6) is 11.5 Å². The van der Waals surface area contributed by atoms with Crippen LogP contribution < -0.4 is 9.47 Å². The van der Waals surface area contributed by atoms with Crippen molar-refractivity contribution in [1.29, 1.82) is 0 Å². The van der Waals surface area contributed by atoms with Gasteiger partial charge in [-0.3, -0.25) is 9.69 Å². The van der Waals surface area contributed by atoms with E-state index in [1.807, 2.05) is 54.3 Å². The van der Waals surface area contributed by atoms with Gasteiger partial charge in [0.2, 0.25) is 0 Å². The van der Waals surface area contributed by atoms with Gasteiger partial charge in [-0.25, -0.2) is 4.99 Å². The number of ether oxygens (including phenoxy) is 2. The van der Waals surface area contributed by atoms with Gasteiger partial charge in [-0.05, 0) is 79.8 Å². The minimum Gasteiger partial charge on any atom is -0.490 e. The van der Waals surface area contributed by atoms with Crippen LogP contribution in [0.1, 0.15) is 70.4 Å². The summed E-state index contributed by atoms with van der Waals surface area (Å²) in [5.41, 5.74) is 3.06. The number of aryl methyl sites for hydroxylation is 1. The van der Waals surface area contributed by atoms with Crippen molar-refractivity contribution in [3.8, 4) is 11.5 Å². The van der Waals surface area contributed by atoms with Crippen molar-refractivity contribution >= 4 is 34.6 Å². The highest BCUT2D eigenvalue weighted by Gasteiger charge is 2.38. The van der Waals surface area contributed by atoms with Crippen molar-refractivity contribution in [3.63, 3.8) is 0 Å².